The molecule has 130 valence electrons. The molecule has 7 heteroatoms. The van der Waals surface area contributed by atoms with E-state index in [9.17, 15) is 12.8 Å². The quantitative estimate of drug-likeness (QED) is 0.755. The van der Waals surface area contributed by atoms with Crippen LogP contribution in [0.5, 0.6) is 0 Å². The van der Waals surface area contributed by atoms with E-state index in [2.05, 4.69) is 4.98 Å². The molecule has 0 radical (unpaired) electrons. The topological polar surface area (TPSA) is 80.4 Å². The second kappa shape index (κ2) is 6.78. The summed E-state index contributed by atoms with van der Waals surface area (Å²) < 4.78 is 42.1. The van der Waals surface area contributed by atoms with Crippen molar-refractivity contribution in [2.24, 2.45) is 0 Å². The Labute approximate surface area is 144 Å². The van der Waals surface area contributed by atoms with Gasteiger partial charge in [0.1, 0.15) is 11.5 Å². The fraction of sp³-hybridized carbons (Fsp3) is 0.167. The molecule has 0 saturated carbocycles. The standard InChI is InChI=1S/C18H16FNO4S/c1-25(22,23)15-8-4-13(5-9-15)18-17(20-16(24-18)10-11-21)12-2-6-14(19)7-3-12/h2-9,21H,10-11H2,1H3. The lowest BCUT2D eigenvalue weighted by Gasteiger charge is -2.03. The van der Waals surface area contributed by atoms with E-state index in [1.165, 1.54) is 24.3 Å². The summed E-state index contributed by atoms with van der Waals surface area (Å²) in [5.41, 5.74) is 1.82. The van der Waals surface area contributed by atoms with E-state index in [4.69, 9.17) is 9.52 Å². The van der Waals surface area contributed by atoms with E-state index < -0.39 is 9.84 Å². The SMILES string of the molecule is CS(=O)(=O)c1ccc(-c2oc(CCO)nc2-c2ccc(F)cc2)cc1. The second-order valence-electron chi connectivity index (χ2n) is 5.56. The van der Waals surface area contributed by atoms with E-state index >= 15 is 0 Å². The highest BCUT2D eigenvalue weighted by molar-refractivity contribution is 7.90. The number of sulfone groups is 1. The zero-order valence-electron chi connectivity index (χ0n) is 13.4. The van der Waals surface area contributed by atoms with Crippen LogP contribution in [0.25, 0.3) is 22.6 Å². The monoisotopic (exact) mass is 361 g/mol. The van der Waals surface area contributed by atoms with Gasteiger partial charge in [-0.25, -0.2) is 17.8 Å². The van der Waals surface area contributed by atoms with E-state index in [0.717, 1.165) is 6.26 Å². The summed E-state index contributed by atoms with van der Waals surface area (Å²) in [6.07, 6.45) is 1.38. The number of rotatable bonds is 5. The van der Waals surface area contributed by atoms with Crippen molar-refractivity contribution in [2.75, 3.05) is 12.9 Å². The lowest BCUT2D eigenvalue weighted by atomic mass is 10.1. The van der Waals surface area contributed by atoms with Crippen LogP contribution in [0.2, 0.25) is 0 Å². The molecule has 0 unspecified atom stereocenters. The number of benzene rings is 2. The zero-order valence-corrected chi connectivity index (χ0v) is 14.3. The third-order valence-corrected chi connectivity index (χ3v) is 4.79. The molecular weight excluding hydrogens is 345 g/mol. The maximum atomic E-state index is 13.2. The normalized spacial score (nSPS) is 11.6. The molecule has 0 bridgehead atoms. The number of aliphatic hydroxyl groups is 1. The largest absolute Gasteiger partial charge is 0.440 e. The Balaban J connectivity index is 2.09. The lowest BCUT2D eigenvalue weighted by molar-refractivity contribution is 0.285. The summed E-state index contributed by atoms with van der Waals surface area (Å²) >= 11 is 0. The van der Waals surface area contributed by atoms with Crippen LogP contribution in [-0.4, -0.2) is 31.4 Å². The summed E-state index contributed by atoms with van der Waals surface area (Å²) in [5.74, 6) is 0.431. The van der Waals surface area contributed by atoms with Gasteiger partial charge in [-0.05, 0) is 48.5 Å². The van der Waals surface area contributed by atoms with Gasteiger partial charge >= 0.3 is 0 Å². The minimum Gasteiger partial charge on any atom is -0.440 e. The Morgan fingerprint density at radius 3 is 2.20 bits per heavy atom. The lowest BCUT2D eigenvalue weighted by Crippen LogP contribution is -1.96. The first-order chi connectivity index (χ1) is 11.9. The van der Waals surface area contributed by atoms with E-state index in [0.29, 0.717) is 28.5 Å². The Kier molecular flexibility index (Phi) is 4.69. The molecule has 0 fully saturated rings. The molecule has 0 amide bonds. The van der Waals surface area contributed by atoms with Gasteiger partial charge < -0.3 is 9.52 Å². The van der Waals surface area contributed by atoms with Crippen molar-refractivity contribution in [1.82, 2.24) is 4.98 Å². The van der Waals surface area contributed by atoms with E-state index in [1.54, 1.807) is 24.3 Å². The Morgan fingerprint density at radius 2 is 1.64 bits per heavy atom. The van der Waals surface area contributed by atoms with Crippen LogP contribution < -0.4 is 0 Å². The summed E-state index contributed by atoms with van der Waals surface area (Å²) in [6, 6.07) is 12.1. The smallest absolute Gasteiger partial charge is 0.197 e. The molecule has 3 aromatic rings. The fourth-order valence-electron chi connectivity index (χ4n) is 2.42. The number of oxazole rings is 1. The summed E-state index contributed by atoms with van der Waals surface area (Å²) in [4.78, 5) is 4.58. The number of nitrogens with zero attached hydrogens (tertiary/aromatic N) is 1. The molecule has 0 spiro atoms. The highest BCUT2D eigenvalue weighted by atomic mass is 32.2. The molecule has 0 saturated heterocycles. The average molecular weight is 361 g/mol. The first-order valence-corrected chi connectivity index (χ1v) is 9.44. The van der Waals surface area contributed by atoms with Gasteiger partial charge in [0.2, 0.25) is 0 Å². The predicted octanol–water partition coefficient (Wildman–Crippen LogP) is 3.09. The van der Waals surface area contributed by atoms with Crippen LogP contribution >= 0.6 is 0 Å². The molecule has 0 aliphatic carbocycles. The molecule has 1 heterocycles. The molecule has 25 heavy (non-hydrogen) atoms. The maximum Gasteiger partial charge on any atom is 0.197 e. The van der Waals surface area contributed by atoms with Crippen LogP contribution in [0.15, 0.2) is 57.8 Å². The minimum absolute atomic E-state index is 0.115. The first-order valence-electron chi connectivity index (χ1n) is 7.55. The number of aliphatic hydroxyl groups excluding tert-OH is 1. The molecular formula is C18H16FNO4S. The molecule has 0 atom stereocenters. The molecule has 0 aliphatic heterocycles. The van der Waals surface area contributed by atoms with Crippen LogP contribution in [0, 0.1) is 5.82 Å². The van der Waals surface area contributed by atoms with Gasteiger partial charge in [0.25, 0.3) is 0 Å². The van der Waals surface area contributed by atoms with Crippen molar-refractivity contribution in [2.45, 2.75) is 11.3 Å². The van der Waals surface area contributed by atoms with Crippen molar-refractivity contribution in [3.63, 3.8) is 0 Å². The predicted molar refractivity (Wildman–Crippen MR) is 91.2 cm³/mol. The molecule has 2 aromatic carbocycles. The number of aromatic nitrogens is 1. The van der Waals surface area contributed by atoms with Gasteiger partial charge in [-0.2, -0.15) is 0 Å². The molecule has 1 N–H and O–H groups in total. The third kappa shape index (κ3) is 3.78. The van der Waals surface area contributed by atoms with Crippen LogP contribution in [0.1, 0.15) is 5.89 Å². The zero-order chi connectivity index (χ0) is 18.0. The Bertz CT molecular complexity index is 977. The van der Waals surface area contributed by atoms with Gasteiger partial charge in [0.05, 0.1) is 11.5 Å². The van der Waals surface area contributed by atoms with E-state index in [-0.39, 0.29) is 23.7 Å². The minimum atomic E-state index is -3.29. The second-order valence-corrected chi connectivity index (χ2v) is 7.58. The van der Waals surface area contributed by atoms with Crippen molar-refractivity contribution >= 4 is 9.84 Å². The van der Waals surface area contributed by atoms with Gasteiger partial charge in [-0.1, -0.05) is 0 Å². The van der Waals surface area contributed by atoms with Gasteiger partial charge in [-0.15, -0.1) is 0 Å². The van der Waals surface area contributed by atoms with Crippen molar-refractivity contribution in [3.8, 4) is 22.6 Å². The number of halogens is 1. The number of hydrogen-bond donors (Lipinski definition) is 1. The highest BCUT2D eigenvalue weighted by Gasteiger charge is 2.17. The maximum absolute atomic E-state index is 13.2. The summed E-state index contributed by atoms with van der Waals surface area (Å²) in [6.45, 7) is -0.115. The number of hydrogen-bond acceptors (Lipinski definition) is 5. The van der Waals surface area contributed by atoms with E-state index in [1.807, 2.05) is 0 Å². The Morgan fingerprint density at radius 1 is 1.04 bits per heavy atom. The third-order valence-electron chi connectivity index (χ3n) is 3.66. The van der Waals surface area contributed by atoms with Crippen LogP contribution in [0.4, 0.5) is 4.39 Å². The van der Waals surface area contributed by atoms with Crippen molar-refractivity contribution in [1.29, 1.82) is 0 Å². The van der Waals surface area contributed by atoms with Crippen molar-refractivity contribution < 1.29 is 22.3 Å². The fourth-order valence-corrected chi connectivity index (χ4v) is 3.05. The summed E-state index contributed by atoms with van der Waals surface area (Å²) in [7, 11) is -3.29. The first kappa shape index (κ1) is 17.3. The van der Waals surface area contributed by atoms with Gasteiger partial charge in [0, 0.05) is 23.8 Å². The highest BCUT2D eigenvalue weighted by Crippen LogP contribution is 2.33. The molecule has 0 aliphatic rings. The molecule has 5 nitrogen and oxygen atoms in total. The molecule has 1 aromatic heterocycles. The Hall–Kier alpha value is -2.51. The van der Waals surface area contributed by atoms with Crippen LogP contribution in [0.3, 0.4) is 0 Å². The van der Waals surface area contributed by atoms with Gasteiger partial charge in [-0.3, -0.25) is 0 Å². The summed E-state index contributed by atoms with van der Waals surface area (Å²) in [5, 5.41) is 9.11. The van der Waals surface area contributed by atoms with Gasteiger partial charge in [0.15, 0.2) is 21.5 Å². The van der Waals surface area contributed by atoms with Crippen LogP contribution in [-0.2, 0) is 16.3 Å². The van der Waals surface area contributed by atoms with Crippen molar-refractivity contribution in [3.05, 3.63) is 60.2 Å². The molecule has 3 rings (SSSR count). The average Bonchev–Trinajstić information content (AvgIpc) is 2.99.